The van der Waals surface area contributed by atoms with Crippen LogP contribution in [-0.4, -0.2) is 16.6 Å². The van der Waals surface area contributed by atoms with E-state index in [1.54, 1.807) is 6.07 Å². The molecule has 1 aromatic carbocycles. The van der Waals surface area contributed by atoms with E-state index in [1.165, 1.54) is 18.3 Å². The Morgan fingerprint density at radius 2 is 1.90 bits per heavy atom. The number of carbonyl (C=O) groups excluding carboxylic acids is 2. The third-order valence-corrected chi connectivity index (χ3v) is 3.72. The van der Waals surface area contributed by atoms with Gasteiger partial charge in [0.15, 0.2) is 5.78 Å². The van der Waals surface area contributed by atoms with E-state index in [-0.39, 0.29) is 26.6 Å². The summed E-state index contributed by atoms with van der Waals surface area (Å²) in [6.45, 7) is 0. The Morgan fingerprint density at radius 3 is 2.65 bits per heavy atom. The highest BCUT2D eigenvalue weighted by molar-refractivity contribution is 6.62. The summed E-state index contributed by atoms with van der Waals surface area (Å²) in [4.78, 5) is 26.6. The SMILES string of the molecule is O=C1C=C(Cl)C(=O)C(c2c[nH]c3cccc(F)c23)=C1Cl. The quantitative estimate of drug-likeness (QED) is 0.819. The summed E-state index contributed by atoms with van der Waals surface area (Å²) in [5.74, 6) is -1.68. The zero-order chi connectivity index (χ0) is 14.4. The van der Waals surface area contributed by atoms with Crippen LogP contribution < -0.4 is 0 Å². The average molecular weight is 310 g/mol. The van der Waals surface area contributed by atoms with E-state index >= 15 is 0 Å². The van der Waals surface area contributed by atoms with Gasteiger partial charge in [-0.25, -0.2) is 4.39 Å². The molecular weight excluding hydrogens is 304 g/mol. The first kappa shape index (κ1) is 13.1. The Bertz CT molecular complexity index is 833. The standard InChI is InChI=1S/C14H6Cl2FNO2/c15-7-4-10(19)13(16)12(14(7)20)6-5-18-9-3-1-2-8(17)11(6)9/h1-5,18H. The van der Waals surface area contributed by atoms with Crippen molar-refractivity contribution in [2.45, 2.75) is 0 Å². The number of hydrogen-bond donors (Lipinski definition) is 1. The van der Waals surface area contributed by atoms with Crippen LogP contribution in [0.15, 0.2) is 40.5 Å². The lowest BCUT2D eigenvalue weighted by Gasteiger charge is -2.11. The minimum absolute atomic E-state index is 0.0829. The highest BCUT2D eigenvalue weighted by atomic mass is 35.5. The molecule has 3 nitrogen and oxygen atoms in total. The molecule has 0 fully saturated rings. The fraction of sp³-hybridized carbons (Fsp3) is 0. The van der Waals surface area contributed by atoms with Crippen LogP contribution in [-0.2, 0) is 9.59 Å². The molecule has 0 radical (unpaired) electrons. The molecule has 0 bridgehead atoms. The fourth-order valence-corrected chi connectivity index (χ4v) is 2.60. The lowest BCUT2D eigenvalue weighted by atomic mass is 9.95. The number of aromatic nitrogens is 1. The zero-order valence-corrected chi connectivity index (χ0v) is 11.3. The molecule has 1 aliphatic rings. The molecule has 6 heteroatoms. The van der Waals surface area contributed by atoms with Gasteiger partial charge < -0.3 is 4.98 Å². The number of ketones is 2. The van der Waals surface area contributed by atoms with Gasteiger partial charge in [-0.3, -0.25) is 9.59 Å². The largest absolute Gasteiger partial charge is 0.360 e. The van der Waals surface area contributed by atoms with E-state index in [2.05, 4.69) is 4.98 Å². The lowest BCUT2D eigenvalue weighted by molar-refractivity contribution is -0.113. The van der Waals surface area contributed by atoms with Gasteiger partial charge in [0.2, 0.25) is 5.78 Å². The number of H-pyrrole nitrogens is 1. The van der Waals surface area contributed by atoms with E-state index in [9.17, 15) is 14.0 Å². The molecule has 0 amide bonds. The smallest absolute Gasteiger partial charge is 0.206 e. The number of carbonyl (C=O) groups is 2. The van der Waals surface area contributed by atoms with Gasteiger partial charge in [-0.15, -0.1) is 0 Å². The van der Waals surface area contributed by atoms with Gasteiger partial charge in [0.25, 0.3) is 0 Å². The maximum Gasteiger partial charge on any atom is 0.206 e. The Morgan fingerprint density at radius 1 is 1.15 bits per heavy atom. The number of allylic oxidation sites excluding steroid dienone is 4. The Labute approximate surface area is 122 Å². The van der Waals surface area contributed by atoms with Crippen LogP contribution in [0.2, 0.25) is 0 Å². The van der Waals surface area contributed by atoms with Crippen LogP contribution in [0.5, 0.6) is 0 Å². The number of rotatable bonds is 1. The zero-order valence-electron chi connectivity index (χ0n) is 9.84. The summed E-state index contributed by atoms with van der Waals surface area (Å²) in [5, 5.41) is -0.295. The van der Waals surface area contributed by atoms with Crippen molar-refractivity contribution >= 4 is 51.2 Å². The van der Waals surface area contributed by atoms with Crippen molar-refractivity contribution in [2.24, 2.45) is 0 Å². The van der Waals surface area contributed by atoms with Crippen molar-refractivity contribution in [3.05, 3.63) is 51.9 Å². The molecule has 100 valence electrons. The van der Waals surface area contributed by atoms with E-state index in [4.69, 9.17) is 23.2 Å². The maximum absolute atomic E-state index is 14.0. The molecule has 0 atom stereocenters. The minimum Gasteiger partial charge on any atom is -0.360 e. The third kappa shape index (κ3) is 1.80. The number of benzene rings is 1. The van der Waals surface area contributed by atoms with E-state index in [0.717, 1.165) is 6.08 Å². The van der Waals surface area contributed by atoms with Crippen molar-refractivity contribution in [2.75, 3.05) is 0 Å². The first-order valence-corrected chi connectivity index (χ1v) is 6.38. The average Bonchev–Trinajstić information content (AvgIpc) is 2.82. The monoisotopic (exact) mass is 309 g/mol. The molecule has 0 saturated heterocycles. The van der Waals surface area contributed by atoms with Gasteiger partial charge in [-0.2, -0.15) is 0 Å². The van der Waals surface area contributed by atoms with Gasteiger partial charge in [0.05, 0.1) is 15.6 Å². The number of Topliss-reactive ketones (excluding diaryl/α,β-unsaturated/α-hetero) is 1. The van der Waals surface area contributed by atoms with E-state index in [1.807, 2.05) is 0 Å². The molecule has 0 aliphatic heterocycles. The number of aromatic amines is 1. The molecule has 1 aliphatic carbocycles. The van der Waals surface area contributed by atoms with Gasteiger partial charge in [0, 0.05) is 28.7 Å². The first-order valence-electron chi connectivity index (χ1n) is 5.62. The number of fused-ring (bicyclic) bond motifs is 1. The van der Waals surface area contributed by atoms with Crippen LogP contribution >= 0.6 is 23.2 Å². The summed E-state index contributed by atoms with van der Waals surface area (Å²) in [5.41, 5.74) is 0.649. The predicted molar refractivity (Wildman–Crippen MR) is 75.0 cm³/mol. The van der Waals surface area contributed by atoms with Crippen molar-refractivity contribution < 1.29 is 14.0 Å². The van der Waals surface area contributed by atoms with Crippen LogP contribution in [0.25, 0.3) is 16.5 Å². The molecule has 0 saturated carbocycles. The van der Waals surface area contributed by atoms with Gasteiger partial charge in [0.1, 0.15) is 5.82 Å². The maximum atomic E-state index is 14.0. The second-order valence-corrected chi connectivity index (χ2v) is 5.02. The lowest BCUT2D eigenvalue weighted by Crippen LogP contribution is -2.13. The molecule has 0 unspecified atom stereocenters. The first-order chi connectivity index (χ1) is 9.50. The Balaban J connectivity index is 2.33. The van der Waals surface area contributed by atoms with Gasteiger partial charge in [-0.1, -0.05) is 29.3 Å². The minimum atomic E-state index is -0.597. The van der Waals surface area contributed by atoms with Crippen LogP contribution in [0, 0.1) is 5.82 Å². The van der Waals surface area contributed by atoms with Crippen LogP contribution in [0.4, 0.5) is 4.39 Å². The molecule has 0 spiro atoms. The van der Waals surface area contributed by atoms with Crippen LogP contribution in [0.3, 0.4) is 0 Å². The number of hydrogen-bond acceptors (Lipinski definition) is 2. The number of halogens is 3. The molecule has 2 aromatic rings. The Kier molecular flexibility index (Phi) is 3.00. The van der Waals surface area contributed by atoms with E-state index in [0.29, 0.717) is 5.52 Å². The molecular formula is C14H6Cl2FNO2. The van der Waals surface area contributed by atoms with E-state index < -0.39 is 17.4 Å². The summed E-state index contributed by atoms with van der Waals surface area (Å²) >= 11 is 11.6. The van der Waals surface area contributed by atoms with Gasteiger partial charge >= 0.3 is 0 Å². The second-order valence-electron chi connectivity index (χ2n) is 4.24. The molecule has 20 heavy (non-hydrogen) atoms. The summed E-state index contributed by atoms with van der Waals surface area (Å²) in [6, 6.07) is 4.46. The van der Waals surface area contributed by atoms with Crippen molar-refractivity contribution in [3.63, 3.8) is 0 Å². The molecule has 1 N–H and O–H groups in total. The van der Waals surface area contributed by atoms with Gasteiger partial charge in [-0.05, 0) is 12.1 Å². The summed E-state index contributed by atoms with van der Waals surface area (Å²) < 4.78 is 14.0. The molecule has 1 heterocycles. The predicted octanol–water partition coefficient (Wildman–Crippen LogP) is 3.53. The fourth-order valence-electron chi connectivity index (χ4n) is 2.16. The molecule has 1 aromatic heterocycles. The third-order valence-electron chi connectivity index (χ3n) is 3.06. The number of nitrogens with one attached hydrogen (secondary N) is 1. The summed E-state index contributed by atoms with van der Waals surface area (Å²) in [7, 11) is 0. The summed E-state index contributed by atoms with van der Waals surface area (Å²) in [6.07, 6.45) is 2.40. The second kappa shape index (κ2) is 4.58. The topological polar surface area (TPSA) is 49.9 Å². The van der Waals surface area contributed by atoms with Crippen LogP contribution in [0.1, 0.15) is 5.56 Å². The molecule has 3 rings (SSSR count). The highest BCUT2D eigenvalue weighted by Gasteiger charge is 2.29. The van der Waals surface area contributed by atoms with Crippen molar-refractivity contribution in [1.82, 2.24) is 4.98 Å². The van der Waals surface area contributed by atoms with Crippen molar-refractivity contribution in [1.29, 1.82) is 0 Å². The Hall–Kier alpha value is -1.91. The highest BCUT2D eigenvalue weighted by Crippen LogP contribution is 2.35. The van der Waals surface area contributed by atoms with Crippen molar-refractivity contribution in [3.8, 4) is 0 Å². The normalized spacial score (nSPS) is 16.1.